The van der Waals surface area contributed by atoms with Gasteiger partial charge in [-0.25, -0.2) is 9.97 Å². The molecule has 1 N–H and O–H groups in total. The number of hydrogen-bond donors (Lipinski definition) is 1. The highest BCUT2D eigenvalue weighted by molar-refractivity contribution is 9.10. The molecule has 116 valence electrons. The van der Waals surface area contributed by atoms with Gasteiger partial charge in [-0.2, -0.15) is 0 Å². The molecule has 1 aliphatic rings. The zero-order valence-corrected chi connectivity index (χ0v) is 14.3. The number of nitrogens with zero attached hydrogens (tertiary/aromatic N) is 2. The van der Waals surface area contributed by atoms with Crippen LogP contribution in [0.3, 0.4) is 0 Å². The summed E-state index contributed by atoms with van der Waals surface area (Å²) in [4.78, 5) is 8.48. The molecular weight excluding hydrogens is 350 g/mol. The van der Waals surface area contributed by atoms with Crippen molar-refractivity contribution in [3.8, 4) is 0 Å². The molecule has 0 saturated carbocycles. The van der Waals surface area contributed by atoms with Crippen LogP contribution in [0, 0.1) is 0 Å². The van der Waals surface area contributed by atoms with Crippen molar-refractivity contribution in [2.45, 2.75) is 24.8 Å². The van der Waals surface area contributed by atoms with E-state index < -0.39 is 0 Å². The van der Waals surface area contributed by atoms with E-state index in [1.165, 1.54) is 17.5 Å². The topological polar surface area (TPSA) is 37.8 Å². The number of nitrogens with one attached hydrogen (secondary N) is 1. The fourth-order valence-corrected chi connectivity index (χ4v) is 3.86. The van der Waals surface area contributed by atoms with Gasteiger partial charge in [-0.1, -0.05) is 40.2 Å². The van der Waals surface area contributed by atoms with Gasteiger partial charge in [0.2, 0.25) is 0 Å². The Bertz CT molecular complexity index is 833. The maximum absolute atomic E-state index is 4.39. The highest BCUT2D eigenvalue weighted by atomic mass is 79.9. The lowest BCUT2D eigenvalue weighted by Gasteiger charge is -2.31. The molecule has 2 unspecified atom stereocenters. The fourth-order valence-electron chi connectivity index (χ4n) is 3.44. The summed E-state index contributed by atoms with van der Waals surface area (Å²) in [7, 11) is 0. The first-order chi connectivity index (χ1) is 11.3. The van der Waals surface area contributed by atoms with Gasteiger partial charge in [-0.05, 0) is 54.6 Å². The van der Waals surface area contributed by atoms with Crippen LogP contribution in [0.25, 0.3) is 10.9 Å². The summed E-state index contributed by atoms with van der Waals surface area (Å²) in [6, 6.07) is 15.6. The van der Waals surface area contributed by atoms with E-state index in [2.05, 4.69) is 73.7 Å². The van der Waals surface area contributed by atoms with Gasteiger partial charge >= 0.3 is 0 Å². The van der Waals surface area contributed by atoms with Crippen LogP contribution in [0.5, 0.6) is 0 Å². The van der Waals surface area contributed by atoms with Gasteiger partial charge in [-0.15, -0.1) is 0 Å². The molecule has 1 aliphatic heterocycles. The first-order valence-electron chi connectivity index (χ1n) is 7.98. The van der Waals surface area contributed by atoms with Crippen LogP contribution in [-0.4, -0.2) is 16.5 Å². The predicted octanol–water partition coefficient (Wildman–Crippen LogP) is 4.60. The zero-order chi connectivity index (χ0) is 15.6. The quantitative estimate of drug-likeness (QED) is 0.718. The van der Waals surface area contributed by atoms with Crippen LogP contribution in [-0.2, 0) is 0 Å². The summed E-state index contributed by atoms with van der Waals surface area (Å²) in [6.07, 6.45) is 5.78. The fraction of sp³-hybridized carbons (Fsp3) is 0.263. The van der Waals surface area contributed by atoms with Crippen LogP contribution < -0.4 is 5.32 Å². The van der Waals surface area contributed by atoms with Crippen molar-refractivity contribution in [3.63, 3.8) is 0 Å². The smallest absolute Gasteiger partial charge is 0.116 e. The number of rotatable bonds is 2. The van der Waals surface area contributed by atoms with Crippen LogP contribution in [0.2, 0.25) is 0 Å². The van der Waals surface area contributed by atoms with Crippen molar-refractivity contribution < 1.29 is 0 Å². The van der Waals surface area contributed by atoms with E-state index in [-0.39, 0.29) is 0 Å². The molecule has 0 bridgehead atoms. The summed E-state index contributed by atoms with van der Waals surface area (Å²) in [5.41, 5.74) is 3.78. The summed E-state index contributed by atoms with van der Waals surface area (Å²) < 4.78 is 1.14. The van der Waals surface area contributed by atoms with Crippen LogP contribution in [0.1, 0.15) is 35.9 Å². The number of benzene rings is 2. The second-order valence-corrected chi connectivity index (χ2v) is 7.04. The highest BCUT2D eigenvalue weighted by Gasteiger charge is 2.24. The molecule has 0 radical (unpaired) electrons. The Balaban J connectivity index is 1.60. The van der Waals surface area contributed by atoms with Crippen molar-refractivity contribution in [1.82, 2.24) is 15.3 Å². The van der Waals surface area contributed by atoms with E-state index in [0.29, 0.717) is 12.0 Å². The Morgan fingerprint density at radius 3 is 2.96 bits per heavy atom. The Morgan fingerprint density at radius 2 is 2.04 bits per heavy atom. The van der Waals surface area contributed by atoms with E-state index in [1.807, 2.05) is 6.20 Å². The number of aromatic nitrogens is 2. The van der Waals surface area contributed by atoms with E-state index >= 15 is 0 Å². The minimum Gasteiger partial charge on any atom is -0.310 e. The summed E-state index contributed by atoms with van der Waals surface area (Å²) >= 11 is 3.57. The summed E-state index contributed by atoms with van der Waals surface area (Å²) in [6.45, 7) is 1.05. The van der Waals surface area contributed by atoms with Crippen molar-refractivity contribution in [2.24, 2.45) is 0 Å². The number of halogens is 1. The van der Waals surface area contributed by atoms with Gasteiger partial charge in [0.15, 0.2) is 0 Å². The normalized spacial score (nSPS) is 21.4. The zero-order valence-electron chi connectivity index (χ0n) is 12.7. The molecule has 3 aromatic rings. The molecule has 2 heterocycles. The van der Waals surface area contributed by atoms with Crippen molar-refractivity contribution in [3.05, 3.63) is 70.6 Å². The third kappa shape index (κ3) is 3.14. The lowest BCUT2D eigenvalue weighted by Crippen LogP contribution is -2.30. The molecule has 2 atom stereocenters. The number of piperidine rings is 1. The Hall–Kier alpha value is -1.78. The average molecular weight is 368 g/mol. The molecule has 4 heteroatoms. The molecule has 1 saturated heterocycles. The minimum absolute atomic E-state index is 0.410. The van der Waals surface area contributed by atoms with Crippen molar-refractivity contribution in [2.75, 3.05) is 6.54 Å². The molecule has 1 fully saturated rings. The number of fused-ring (bicyclic) bond motifs is 1. The standard InChI is InChI=1S/C19H18BrN3/c20-17-3-1-2-15(8-17)18-10-14(6-7-22-18)13-4-5-16-11-21-12-23-19(16)9-13/h1-5,8-9,11-12,14,18,22H,6-7,10H2. The molecule has 1 aromatic heterocycles. The first kappa shape index (κ1) is 14.8. The van der Waals surface area contributed by atoms with Crippen molar-refractivity contribution in [1.29, 1.82) is 0 Å². The van der Waals surface area contributed by atoms with Gasteiger partial charge in [0.25, 0.3) is 0 Å². The number of hydrogen-bond acceptors (Lipinski definition) is 3. The molecule has 3 nitrogen and oxygen atoms in total. The van der Waals surface area contributed by atoms with Crippen molar-refractivity contribution >= 4 is 26.8 Å². The van der Waals surface area contributed by atoms with E-state index in [9.17, 15) is 0 Å². The van der Waals surface area contributed by atoms with Crippen LogP contribution in [0.15, 0.2) is 59.5 Å². The maximum Gasteiger partial charge on any atom is 0.116 e. The first-order valence-corrected chi connectivity index (χ1v) is 8.77. The van der Waals surface area contributed by atoms with Gasteiger partial charge in [-0.3, -0.25) is 0 Å². The van der Waals surface area contributed by atoms with E-state index in [0.717, 1.165) is 28.3 Å². The molecular formula is C19H18BrN3. The lowest BCUT2D eigenvalue weighted by molar-refractivity contribution is 0.370. The Morgan fingerprint density at radius 1 is 1.09 bits per heavy atom. The van der Waals surface area contributed by atoms with Gasteiger partial charge in [0.05, 0.1) is 5.52 Å². The molecule has 23 heavy (non-hydrogen) atoms. The van der Waals surface area contributed by atoms with Crippen LogP contribution in [0.4, 0.5) is 0 Å². The third-order valence-electron chi connectivity index (χ3n) is 4.66. The molecule has 0 spiro atoms. The average Bonchev–Trinajstić information content (AvgIpc) is 2.61. The minimum atomic E-state index is 0.410. The lowest BCUT2D eigenvalue weighted by atomic mass is 9.84. The van der Waals surface area contributed by atoms with Gasteiger partial charge in [0, 0.05) is 22.1 Å². The van der Waals surface area contributed by atoms with E-state index in [1.54, 1.807) is 6.33 Å². The molecule has 0 amide bonds. The Kier molecular flexibility index (Phi) is 4.10. The highest BCUT2D eigenvalue weighted by Crippen LogP contribution is 2.35. The molecule has 0 aliphatic carbocycles. The van der Waals surface area contributed by atoms with E-state index in [4.69, 9.17) is 0 Å². The van der Waals surface area contributed by atoms with Gasteiger partial charge in [0.1, 0.15) is 6.33 Å². The molecule has 4 rings (SSSR count). The molecule has 2 aromatic carbocycles. The van der Waals surface area contributed by atoms with Crippen LogP contribution >= 0.6 is 15.9 Å². The van der Waals surface area contributed by atoms with Gasteiger partial charge < -0.3 is 5.32 Å². The Labute approximate surface area is 144 Å². The maximum atomic E-state index is 4.39. The third-order valence-corrected chi connectivity index (χ3v) is 5.15. The SMILES string of the molecule is Brc1cccc(C2CC(c3ccc4cncnc4c3)CCN2)c1. The summed E-state index contributed by atoms with van der Waals surface area (Å²) in [5, 5.41) is 4.76. The second-order valence-electron chi connectivity index (χ2n) is 6.12. The summed E-state index contributed by atoms with van der Waals surface area (Å²) in [5.74, 6) is 0.569. The second kappa shape index (κ2) is 6.38. The predicted molar refractivity (Wildman–Crippen MR) is 96.4 cm³/mol. The monoisotopic (exact) mass is 367 g/mol. The largest absolute Gasteiger partial charge is 0.310 e.